The normalized spacial score (nSPS) is 10.8. The first-order chi connectivity index (χ1) is 9.49. The third-order valence-corrected chi connectivity index (χ3v) is 2.67. The number of aromatic carboxylic acids is 1. The number of halogens is 1. The fraction of sp³-hybridized carbons (Fsp3) is 0.308. The van der Waals surface area contributed by atoms with Crippen LogP contribution in [0.3, 0.4) is 0 Å². The maximum absolute atomic E-state index is 13.7. The Bertz CT molecular complexity index is 625. The molecule has 0 spiro atoms. The highest BCUT2D eigenvalue weighted by Gasteiger charge is 2.12. The van der Waals surface area contributed by atoms with Gasteiger partial charge in [-0.3, -0.25) is 0 Å². The van der Waals surface area contributed by atoms with Gasteiger partial charge in [0.1, 0.15) is 12.9 Å². The molecule has 0 atom stereocenters. The molecule has 20 heavy (non-hydrogen) atoms. The van der Waals surface area contributed by atoms with Crippen molar-refractivity contribution < 1.29 is 19.0 Å². The molecule has 0 radical (unpaired) electrons. The maximum atomic E-state index is 13.7. The van der Waals surface area contributed by atoms with E-state index >= 15 is 0 Å². The summed E-state index contributed by atoms with van der Waals surface area (Å²) in [6.07, 6.45) is 1.41. The van der Waals surface area contributed by atoms with E-state index in [1.807, 2.05) is 13.8 Å². The molecular formula is C13H14FN3O3. The quantitative estimate of drug-likeness (QED) is 0.908. The summed E-state index contributed by atoms with van der Waals surface area (Å²) in [5.41, 5.74) is -0.125. The van der Waals surface area contributed by atoms with Crippen molar-refractivity contribution in [2.75, 3.05) is 0 Å². The zero-order valence-corrected chi connectivity index (χ0v) is 11.1. The van der Waals surface area contributed by atoms with E-state index in [4.69, 9.17) is 9.84 Å². The van der Waals surface area contributed by atoms with Crippen LogP contribution in [-0.2, 0) is 6.61 Å². The van der Waals surface area contributed by atoms with Gasteiger partial charge in [0.05, 0.1) is 5.56 Å². The van der Waals surface area contributed by atoms with Crippen LogP contribution in [0.1, 0.15) is 36.1 Å². The van der Waals surface area contributed by atoms with E-state index in [0.29, 0.717) is 5.82 Å². The van der Waals surface area contributed by atoms with Crippen molar-refractivity contribution in [3.63, 3.8) is 0 Å². The molecule has 0 unspecified atom stereocenters. The number of carboxylic acid groups (broad SMARTS) is 1. The standard InChI is InChI=1S/C13H14FN3O3/c1-8(2)17-12(15-7-16-17)6-20-11-4-3-9(13(18)19)5-10(11)14/h3-5,7-8H,6H2,1-2H3,(H,18,19). The lowest BCUT2D eigenvalue weighted by atomic mass is 10.2. The minimum atomic E-state index is -1.19. The van der Waals surface area contributed by atoms with Crippen molar-refractivity contribution in [2.24, 2.45) is 0 Å². The summed E-state index contributed by atoms with van der Waals surface area (Å²) < 4.78 is 20.7. The summed E-state index contributed by atoms with van der Waals surface area (Å²) in [6.45, 7) is 3.95. The van der Waals surface area contributed by atoms with Crippen LogP contribution in [0, 0.1) is 5.82 Å². The minimum Gasteiger partial charge on any atom is -0.483 e. The average Bonchev–Trinajstić information content (AvgIpc) is 2.85. The molecule has 2 rings (SSSR count). The Balaban J connectivity index is 2.11. The lowest BCUT2D eigenvalue weighted by Gasteiger charge is -2.11. The Labute approximate surface area is 114 Å². The summed E-state index contributed by atoms with van der Waals surface area (Å²) in [7, 11) is 0. The van der Waals surface area contributed by atoms with Crippen LogP contribution >= 0.6 is 0 Å². The summed E-state index contributed by atoms with van der Waals surface area (Å²) in [6, 6.07) is 3.61. The van der Waals surface area contributed by atoms with E-state index in [9.17, 15) is 9.18 Å². The number of nitrogens with zero attached hydrogens (tertiary/aromatic N) is 3. The van der Waals surface area contributed by atoms with Gasteiger partial charge in [-0.15, -0.1) is 0 Å². The van der Waals surface area contributed by atoms with Crippen LogP contribution in [0.25, 0.3) is 0 Å². The molecule has 0 aliphatic rings. The third kappa shape index (κ3) is 2.93. The molecule has 2 aromatic rings. The number of benzene rings is 1. The van der Waals surface area contributed by atoms with Crippen LogP contribution in [0.5, 0.6) is 5.75 Å². The van der Waals surface area contributed by atoms with Gasteiger partial charge in [-0.05, 0) is 32.0 Å². The number of hydrogen-bond donors (Lipinski definition) is 1. The van der Waals surface area contributed by atoms with E-state index in [1.54, 1.807) is 4.68 Å². The molecule has 7 heteroatoms. The molecule has 0 aliphatic carbocycles. The molecular weight excluding hydrogens is 265 g/mol. The highest BCUT2D eigenvalue weighted by Crippen LogP contribution is 2.19. The minimum absolute atomic E-state index is 0.0201. The van der Waals surface area contributed by atoms with Crippen molar-refractivity contribution in [1.82, 2.24) is 14.8 Å². The van der Waals surface area contributed by atoms with Crippen LogP contribution in [0.2, 0.25) is 0 Å². The van der Waals surface area contributed by atoms with Crippen LogP contribution in [-0.4, -0.2) is 25.8 Å². The lowest BCUT2D eigenvalue weighted by molar-refractivity contribution is 0.0696. The van der Waals surface area contributed by atoms with E-state index in [1.165, 1.54) is 18.5 Å². The van der Waals surface area contributed by atoms with E-state index in [0.717, 1.165) is 6.07 Å². The number of ether oxygens (including phenoxy) is 1. The number of hydrogen-bond acceptors (Lipinski definition) is 4. The second-order valence-corrected chi connectivity index (χ2v) is 4.45. The van der Waals surface area contributed by atoms with Crippen molar-refractivity contribution in [3.05, 3.63) is 41.7 Å². The zero-order chi connectivity index (χ0) is 14.7. The molecule has 1 N–H and O–H groups in total. The topological polar surface area (TPSA) is 77.2 Å². The van der Waals surface area contributed by atoms with Crippen molar-refractivity contribution >= 4 is 5.97 Å². The van der Waals surface area contributed by atoms with Gasteiger partial charge in [0.15, 0.2) is 17.4 Å². The van der Waals surface area contributed by atoms with Gasteiger partial charge in [0.2, 0.25) is 0 Å². The molecule has 1 aromatic carbocycles. The number of aromatic nitrogens is 3. The Hall–Kier alpha value is -2.44. The number of carbonyl (C=O) groups is 1. The molecule has 0 aliphatic heterocycles. The predicted octanol–water partition coefficient (Wildman–Crippen LogP) is 2.28. The highest BCUT2D eigenvalue weighted by molar-refractivity contribution is 5.87. The maximum Gasteiger partial charge on any atom is 0.335 e. The Morgan fingerprint density at radius 3 is 2.85 bits per heavy atom. The molecule has 0 amide bonds. The third-order valence-electron chi connectivity index (χ3n) is 2.67. The Morgan fingerprint density at radius 2 is 2.25 bits per heavy atom. The van der Waals surface area contributed by atoms with E-state index < -0.39 is 11.8 Å². The molecule has 106 valence electrons. The molecule has 0 bridgehead atoms. The first kappa shape index (κ1) is 14.0. The van der Waals surface area contributed by atoms with Gasteiger partial charge in [0.25, 0.3) is 0 Å². The summed E-state index contributed by atoms with van der Waals surface area (Å²) in [5, 5.41) is 12.8. The SMILES string of the molecule is CC(C)n1ncnc1COc1ccc(C(=O)O)cc1F. The Morgan fingerprint density at radius 1 is 1.50 bits per heavy atom. The average molecular weight is 279 g/mol. The monoisotopic (exact) mass is 279 g/mol. The smallest absolute Gasteiger partial charge is 0.335 e. The summed E-state index contributed by atoms with van der Waals surface area (Å²) in [5.74, 6) is -1.36. The fourth-order valence-corrected chi connectivity index (χ4v) is 1.70. The fourth-order valence-electron chi connectivity index (χ4n) is 1.70. The molecule has 0 saturated heterocycles. The molecule has 6 nitrogen and oxygen atoms in total. The van der Waals surface area contributed by atoms with Gasteiger partial charge in [-0.2, -0.15) is 5.10 Å². The summed E-state index contributed by atoms with van der Waals surface area (Å²) in [4.78, 5) is 14.7. The first-order valence-electron chi connectivity index (χ1n) is 6.03. The number of carboxylic acids is 1. The van der Waals surface area contributed by atoms with Crippen molar-refractivity contribution in [2.45, 2.75) is 26.5 Å². The van der Waals surface area contributed by atoms with Crippen molar-refractivity contribution in [3.8, 4) is 5.75 Å². The largest absolute Gasteiger partial charge is 0.483 e. The van der Waals surface area contributed by atoms with Crippen molar-refractivity contribution in [1.29, 1.82) is 0 Å². The lowest BCUT2D eigenvalue weighted by Crippen LogP contribution is -2.11. The van der Waals surface area contributed by atoms with Crippen LogP contribution in [0.15, 0.2) is 24.5 Å². The van der Waals surface area contributed by atoms with Gasteiger partial charge in [-0.25, -0.2) is 18.9 Å². The van der Waals surface area contributed by atoms with E-state index in [-0.39, 0.29) is 24.0 Å². The van der Waals surface area contributed by atoms with Gasteiger partial charge < -0.3 is 9.84 Å². The molecule has 0 saturated carbocycles. The van der Waals surface area contributed by atoms with E-state index in [2.05, 4.69) is 10.1 Å². The molecule has 0 fully saturated rings. The Kier molecular flexibility index (Phi) is 3.97. The zero-order valence-electron chi connectivity index (χ0n) is 11.1. The predicted molar refractivity (Wildman–Crippen MR) is 68.1 cm³/mol. The van der Waals surface area contributed by atoms with Gasteiger partial charge in [0, 0.05) is 6.04 Å². The van der Waals surface area contributed by atoms with Crippen LogP contribution in [0.4, 0.5) is 4.39 Å². The van der Waals surface area contributed by atoms with Crippen LogP contribution < -0.4 is 4.74 Å². The second kappa shape index (κ2) is 5.68. The summed E-state index contributed by atoms with van der Waals surface area (Å²) >= 11 is 0. The number of rotatable bonds is 5. The first-order valence-corrected chi connectivity index (χ1v) is 6.03. The molecule has 1 heterocycles. The second-order valence-electron chi connectivity index (χ2n) is 4.45. The molecule has 1 aromatic heterocycles. The van der Waals surface area contributed by atoms with Gasteiger partial charge >= 0.3 is 5.97 Å². The highest BCUT2D eigenvalue weighted by atomic mass is 19.1. The van der Waals surface area contributed by atoms with Gasteiger partial charge in [-0.1, -0.05) is 0 Å².